The van der Waals surface area contributed by atoms with Gasteiger partial charge in [-0.15, -0.1) is 0 Å². The summed E-state index contributed by atoms with van der Waals surface area (Å²) in [6.07, 6.45) is 4.54. The van der Waals surface area contributed by atoms with Crippen LogP contribution >= 0.6 is 10.7 Å². The predicted molar refractivity (Wildman–Crippen MR) is 75.3 cm³/mol. The van der Waals surface area contributed by atoms with Crippen molar-refractivity contribution in [2.75, 3.05) is 6.54 Å². The Hall–Kier alpha value is -1.08. The number of carbonyl (C=O) groups excluding carboxylic acids is 1. The van der Waals surface area contributed by atoms with Crippen molar-refractivity contribution in [3.8, 4) is 0 Å². The number of nitrogens with zero attached hydrogens (tertiary/aromatic N) is 1. The summed E-state index contributed by atoms with van der Waals surface area (Å²) in [4.78, 5) is 11.8. The first kappa shape index (κ1) is 15.3. The van der Waals surface area contributed by atoms with Crippen LogP contribution in [-0.4, -0.2) is 31.1 Å². The van der Waals surface area contributed by atoms with Crippen molar-refractivity contribution in [3.63, 3.8) is 0 Å². The molecule has 2 rings (SSSR count). The number of hydrogen-bond acceptors (Lipinski definition) is 4. The van der Waals surface area contributed by atoms with Crippen LogP contribution in [0, 0.1) is 5.92 Å². The summed E-state index contributed by atoms with van der Waals surface area (Å²) in [7, 11) is 1.42. The second-order valence-corrected chi connectivity index (χ2v) is 7.56. The van der Waals surface area contributed by atoms with Crippen molar-refractivity contribution < 1.29 is 13.2 Å². The minimum absolute atomic E-state index is 0.140. The molecule has 1 amide bonds. The summed E-state index contributed by atoms with van der Waals surface area (Å²) >= 11 is 0. The normalized spacial score (nSPS) is 15.3. The van der Waals surface area contributed by atoms with Gasteiger partial charge in [0.2, 0.25) is 0 Å². The first-order chi connectivity index (χ1) is 9.43. The minimum atomic E-state index is -4.00. The predicted octanol–water partition coefficient (Wildman–Crippen LogP) is 1.82. The number of rotatable bonds is 7. The van der Waals surface area contributed by atoms with E-state index in [1.807, 2.05) is 6.92 Å². The number of H-pyrrole nitrogens is 1. The Morgan fingerprint density at radius 3 is 2.75 bits per heavy atom. The number of nitrogens with one attached hydrogen (secondary N) is 2. The van der Waals surface area contributed by atoms with Crippen LogP contribution in [0.1, 0.15) is 48.8 Å². The van der Waals surface area contributed by atoms with E-state index < -0.39 is 15.0 Å². The fourth-order valence-corrected chi connectivity index (χ4v) is 3.39. The van der Waals surface area contributed by atoms with Gasteiger partial charge in [-0.2, -0.15) is 5.10 Å². The summed E-state index contributed by atoms with van der Waals surface area (Å²) in [5, 5.41) is 9.11. The molecule has 1 aromatic heterocycles. The Bertz CT molecular complexity index is 593. The van der Waals surface area contributed by atoms with Gasteiger partial charge in [0.05, 0.1) is 5.69 Å². The van der Waals surface area contributed by atoms with Crippen molar-refractivity contribution >= 4 is 25.6 Å². The zero-order valence-corrected chi connectivity index (χ0v) is 12.9. The van der Waals surface area contributed by atoms with Gasteiger partial charge in [-0.1, -0.05) is 26.2 Å². The maximum atomic E-state index is 12.0. The van der Waals surface area contributed by atoms with E-state index in [1.54, 1.807) is 0 Å². The van der Waals surface area contributed by atoms with Gasteiger partial charge in [-0.25, -0.2) is 8.42 Å². The van der Waals surface area contributed by atoms with Crippen LogP contribution in [0.5, 0.6) is 0 Å². The second kappa shape index (κ2) is 6.13. The molecule has 1 aromatic rings. The van der Waals surface area contributed by atoms with Crippen molar-refractivity contribution in [2.24, 2.45) is 5.92 Å². The third kappa shape index (κ3) is 3.73. The zero-order valence-electron chi connectivity index (χ0n) is 11.3. The molecule has 1 aliphatic carbocycles. The molecule has 112 valence electrons. The lowest BCUT2D eigenvalue weighted by molar-refractivity contribution is 0.0944. The van der Waals surface area contributed by atoms with Gasteiger partial charge >= 0.3 is 0 Å². The maximum absolute atomic E-state index is 12.0. The average Bonchev–Trinajstić information content (AvgIpc) is 3.06. The molecular formula is C12H18ClN3O3S. The number of aromatic nitrogens is 2. The molecule has 0 bridgehead atoms. The maximum Gasteiger partial charge on any atom is 0.273 e. The Labute approximate surface area is 122 Å². The standard InChI is InChI=1S/C12H18ClN3O3S/c1-2-3-9-11(20(13,18)19)10(16-15-9)12(17)14-7-6-8-4-5-8/h8H,2-7H2,1H3,(H,14,17)(H,15,16). The first-order valence-corrected chi connectivity index (χ1v) is 9.04. The molecule has 0 spiro atoms. The number of carbonyl (C=O) groups is 1. The molecule has 0 aromatic carbocycles. The first-order valence-electron chi connectivity index (χ1n) is 6.73. The quantitative estimate of drug-likeness (QED) is 0.750. The molecule has 0 radical (unpaired) electrons. The topological polar surface area (TPSA) is 91.9 Å². The molecular weight excluding hydrogens is 302 g/mol. The van der Waals surface area contributed by atoms with E-state index in [2.05, 4.69) is 15.5 Å². The minimum Gasteiger partial charge on any atom is -0.351 e. The van der Waals surface area contributed by atoms with Crippen LogP contribution < -0.4 is 5.32 Å². The van der Waals surface area contributed by atoms with E-state index in [4.69, 9.17) is 10.7 Å². The van der Waals surface area contributed by atoms with Crippen molar-refractivity contribution in [3.05, 3.63) is 11.4 Å². The van der Waals surface area contributed by atoms with Crippen LogP contribution in [-0.2, 0) is 15.5 Å². The molecule has 0 aliphatic heterocycles. The molecule has 1 saturated carbocycles. The highest BCUT2D eigenvalue weighted by atomic mass is 35.7. The van der Waals surface area contributed by atoms with Gasteiger partial charge in [0.25, 0.3) is 15.0 Å². The average molecular weight is 320 g/mol. The summed E-state index contributed by atoms with van der Waals surface area (Å²) in [6, 6.07) is 0. The SMILES string of the molecule is CCCc1[nH]nc(C(=O)NCCC2CC2)c1S(=O)(=O)Cl. The van der Waals surface area contributed by atoms with Crippen LogP contribution in [0.3, 0.4) is 0 Å². The Kier molecular flexibility index (Phi) is 4.70. The zero-order chi connectivity index (χ0) is 14.8. The molecule has 1 fully saturated rings. The molecule has 8 heteroatoms. The monoisotopic (exact) mass is 319 g/mol. The number of aryl methyl sites for hydroxylation is 1. The van der Waals surface area contributed by atoms with E-state index in [0.717, 1.165) is 12.8 Å². The fraction of sp³-hybridized carbons (Fsp3) is 0.667. The number of aromatic amines is 1. The number of halogens is 1. The molecule has 0 atom stereocenters. The van der Waals surface area contributed by atoms with Crippen LogP contribution in [0.4, 0.5) is 0 Å². The fourth-order valence-electron chi connectivity index (χ4n) is 2.08. The second-order valence-electron chi connectivity index (χ2n) is 5.06. The van der Waals surface area contributed by atoms with E-state index in [9.17, 15) is 13.2 Å². The highest BCUT2D eigenvalue weighted by molar-refractivity contribution is 8.13. The molecule has 2 N–H and O–H groups in total. The van der Waals surface area contributed by atoms with Gasteiger partial charge in [0, 0.05) is 17.2 Å². The van der Waals surface area contributed by atoms with Crippen LogP contribution in [0.25, 0.3) is 0 Å². The Morgan fingerprint density at radius 1 is 1.50 bits per heavy atom. The highest BCUT2D eigenvalue weighted by Crippen LogP contribution is 2.31. The number of amides is 1. The van der Waals surface area contributed by atoms with E-state index in [0.29, 0.717) is 24.6 Å². The molecule has 0 saturated heterocycles. The Balaban J connectivity index is 2.14. The smallest absolute Gasteiger partial charge is 0.273 e. The summed E-state index contributed by atoms with van der Waals surface area (Å²) < 4.78 is 23.3. The van der Waals surface area contributed by atoms with Crippen molar-refractivity contribution in [1.82, 2.24) is 15.5 Å². The van der Waals surface area contributed by atoms with Gasteiger partial charge in [0.15, 0.2) is 5.69 Å². The Morgan fingerprint density at radius 2 is 2.20 bits per heavy atom. The lowest BCUT2D eigenvalue weighted by atomic mass is 10.2. The van der Waals surface area contributed by atoms with Crippen LogP contribution in [0.15, 0.2) is 4.90 Å². The van der Waals surface area contributed by atoms with E-state index >= 15 is 0 Å². The van der Waals surface area contributed by atoms with E-state index in [1.165, 1.54) is 12.8 Å². The lowest BCUT2D eigenvalue weighted by Crippen LogP contribution is -2.26. The third-order valence-electron chi connectivity index (χ3n) is 3.29. The third-order valence-corrected chi connectivity index (χ3v) is 4.68. The van der Waals surface area contributed by atoms with Gasteiger partial charge in [-0.05, 0) is 18.8 Å². The van der Waals surface area contributed by atoms with Gasteiger partial charge in [0.1, 0.15) is 4.90 Å². The molecule has 1 aliphatic rings. The molecule has 6 nitrogen and oxygen atoms in total. The summed E-state index contributed by atoms with van der Waals surface area (Å²) in [6.45, 7) is 2.43. The molecule has 20 heavy (non-hydrogen) atoms. The highest BCUT2D eigenvalue weighted by Gasteiger charge is 2.28. The van der Waals surface area contributed by atoms with Gasteiger partial charge in [-0.3, -0.25) is 9.89 Å². The largest absolute Gasteiger partial charge is 0.351 e. The number of hydrogen-bond donors (Lipinski definition) is 2. The van der Waals surface area contributed by atoms with Crippen molar-refractivity contribution in [1.29, 1.82) is 0 Å². The van der Waals surface area contributed by atoms with E-state index in [-0.39, 0.29) is 10.6 Å². The molecule has 1 heterocycles. The summed E-state index contributed by atoms with van der Waals surface area (Å²) in [5.41, 5.74) is 0.245. The molecule has 0 unspecified atom stereocenters. The van der Waals surface area contributed by atoms with Crippen LogP contribution in [0.2, 0.25) is 0 Å². The van der Waals surface area contributed by atoms with Crippen molar-refractivity contribution in [2.45, 2.75) is 43.9 Å². The van der Waals surface area contributed by atoms with Gasteiger partial charge < -0.3 is 5.32 Å². The summed E-state index contributed by atoms with van der Waals surface area (Å²) in [5.74, 6) is 0.199. The lowest BCUT2D eigenvalue weighted by Gasteiger charge is -2.04.